The van der Waals surface area contributed by atoms with Gasteiger partial charge in [-0.25, -0.2) is 17.2 Å². The van der Waals surface area contributed by atoms with Gasteiger partial charge in [-0.3, -0.25) is 0 Å². The van der Waals surface area contributed by atoms with Crippen LogP contribution in [0.15, 0.2) is 17.0 Å². The van der Waals surface area contributed by atoms with Crippen LogP contribution < -0.4 is 5.73 Å². The molecule has 2 N–H and O–H groups in total. The standard InChI is InChI=1S/C9H9F2NO2S/c10-5-1-2-6(11)9-8(5)7(12)3-4-15(9,13)14/h1-2,7H,3-4,12H2. The predicted octanol–water partition coefficient (Wildman–Crippen LogP) is 1.14. The summed E-state index contributed by atoms with van der Waals surface area (Å²) < 4.78 is 49.7. The van der Waals surface area contributed by atoms with Gasteiger partial charge in [0.2, 0.25) is 0 Å². The summed E-state index contributed by atoms with van der Waals surface area (Å²) in [4.78, 5) is -0.568. The van der Waals surface area contributed by atoms with Gasteiger partial charge in [-0.05, 0) is 18.6 Å². The number of nitrogens with two attached hydrogens (primary N) is 1. The molecule has 82 valence electrons. The van der Waals surface area contributed by atoms with Crippen LogP contribution in [-0.2, 0) is 9.84 Å². The summed E-state index contributed by atoms with van der Waals surface area (Å²) in [7, 11) is -3.72. The number of benzene rings is 1. The number of fused-ring (bicyclic) bond motifs is 1. The lowest BCUT2D eigenvalue weighted by Gasteiger charge is -2.22. The Labute approximate surface area is 85.8 Å². The molecule has 0 fully saturated rings. The minimum Gasteiger partial charge on any atom is -0.324 e. The molecular formula is C9H9F2NO2S. The van der Waals surface area contributed by atoms with Crippen LogP contribution in [0.5, 0.6) is 0 Å². The molecule has 1 aromatic rings. The average Bonchev–Trinajstić information content (AvgIpc) is 2.16. The third-order valence-electron chi connectivity index (χ3n) is 2.47. The van der Waals surface area contributed by atoms with E-state index < -0.39 is 32.4 Å². The second-order valence-corrected chi connectivity index (χ2v) is 5.53. The highest BCUT2D eigenvalue weighted by atomic mass is 32.2. The minimum atomic E-state index is -3.72. The Balaban J connectivity index is 2.84. The highest BCUT2D eigenvalue weighted by Crippen LogP contribution is 2.34. The first kappa shape index (κ1) is 10.5. The van der Waals surface area contributed by atoms with Gasteiger partial charge in [-0.15, -0.1) is 0 Å². The molecule has 0 amide bonds. The van der Waals surface area contributed by atoms with Crippen LogP contribution >= 0.6 is 0 Å². The van der Waals surface area contributed by atoms with E-state index in [1.807, 2.05) is 0 Å². The van der Waals surface area contributed by atoms with E-state index in [-0.39, 0.29) is 17.7 Å². The first-order valence-corrected chi connectivity index (χ1v) is 6.05. The first-order valence-electron chi connectivity index (χ1n) is 4.40. The molecule has 0 spiro atoms. The van der Waals surface area contributed by atoms with Crippen molar-refractivity contribution in [3.8, 4) is 0 Å². The topological polar surface area (TPSA) is 60.2 Å². The van der Waals surface area contributed by atoms with Crippen molar-refractivity contribution in [3.63, 3.8) is 0 Å². The van der Waals surface area contributed by atoms with E-state index in [1.165, 1.54) is 0 Å². The van der Waals surface area contributed by atoms with Crippen LogP contribution in [0.2, 0.25) is 0 Å². The van der Waals surface area contributed by atoms with Gasteiger partial charge in [0.25, 0.3) is 0 Å². The van der Waals surface area contributed by atoms with E-state index in [0.29, 0.717) is 0 Å². The van der Waals surface area contributed by atoms with Crippen LogP contribution in [-0.4, -0.2) is 14.2 Å². The quantitative estimate of drug-likeness (QED) is 0.731. The number of hydrogen-bond donors (Lipinski definition) is 1. The molecule has 1 atom stereocenters. The molecule has 3 nitrogen and oxygen atoms in total. The Bertz CT molecular complexity index is 513. The van der Waals surface area contributed by atoms with Crippen molar-refractivity contribution in [1.82, 2.24) is 0 Å². The second kappa shape index (κ2) is 3.24. The second-order valence-electron chi connectivity index (χ2n) is 3.49. The molecule has 1 aliphatic rings. The van der Waals surface area contributed by atoms with E-state index in [9.17, 15) is 17.2 Å². The van der Waals surface area contributed by atoms with Gasteiger partial charge in [0, 0.05) is 11.6 Å². The maximum Gasteiger partial charge on any atom is 0.181 e. The van der Waals surface area contributed by atoms with E-state index in [0.717, 1.165) is 12.1 Å². The van der Waals surface area contributed by atoms with Crippen LogP contribution in [0.4, 0.5) is 8.78 Å². The molecular weight excluding hydrogens is 224 g/mol. The highest BCUT2D eigenvalue weighted by Gasteiger charge is 2.33. The third kappa shape index (κ3) is 1.53. The van der Waals surface area contributed by atoms with Gasteiger partial charge in [-0.1, -0.05) is 0 Å². The van der Waals surface area contributed by atoms with Crippen molar-refractivity contribution in [2.45, 2.75) is 17.4 Å². The van der Waals surface area contributed by atoms with Crippen molar-refractivity contribution < 1.29 is 17.2 Å². The summed E-state index contributed by atoms with van der Waals surface area (Å²) in [5.74, 6) is -1.93. The summed E-state index contributed by atoms with van der Waals surface area (Å²) in [6.07, 6.45) is 0.121. The zero-order valence-electron chi connectivity index (χ0n) is 7.70. The maximum atomic E-state index is 13.3. The van der Waals surface area contributed by atoms with Crippen LogP contribution in [0, 0.1) is 11.6 Å². The zero-order chi connectivity index (χ0) is 11.2. The fourth-order valence-electron chi connectivity index (χ4n) is 1.74. The van der Waals surface area contributed by atoms with E-state index >= 15 is 0 Å². The molecule has 0 bridgehead atoms. The number of halogens is 2. The Morgan fingerprint density at radius 2 is 1.87 bits per heavy atom. The first-order chi connectivity index (χ1) is 6.93. The lowest BCUT2D eigenvalue weighted by Crippen LogP contribution is -2.27. The molecule has 0 saturated heterocycles. The summed E-state index contributed by atoms with van der Waals surface area (Å²) in [5.41, 5.74) is 5.35. The van der Waals surface area contributed by atoms with E-state index in [1.54, 1.807) is 0 Å². The summed E-state index contributed by atoms with van der Waals surface area (Å²) >= 11 is 0. The molecule has 2 rings (SSSR count). The van der Waals surface area contributed by atoms with Crippen LogP contribution in [0.3, 0.4) is 0 Å². The number of rotatable bonds is 0. The van der Waals surface area contributed by atoms with E-state index in [2.05, 4.69) is 0 Å². The van der Waals surface area contributed by atoms with Gasteiger partial charge in [0.1, 0.15) is 16.5 Å². The zero-order valence-corrected chi connectivity index (χ0v) is 8.52. The largest absolute Gasteiger partial charge is 0.324 e. The fraction of sp³-hybridized carbons (Fsp3) is 0.333. The predicted molar refractivity (Wildman–Crippen MR) is 50.0 cm³/mol. The smallest absolute Gasteiger partial charge is 0.181 e. The van der Waals surface area contributed by atoms with Gasteiger partial charge in [0.15, 0.2) is 9.84 Å². The van der Waals surface area contributed by atoms with Crippen LogP contribution in [0.25, 0.3) is 0 Å². The molecule has 15 heavy (non-hydrogen) atoms. The Kier molecular flexibility index (Phi) is 2.27. The fourth-order valence-corrected chi connectivity index (χ4v) is 3.46. The molecule has 0 aromatic heterocycles. The Morgan fingerprint density at radius 1 is 1.27 bits per heavy atom. The molecule has 0 saturated carbocycles. The van der Waals surface area contributed by atoms with Crippen LogP contribution in [0.1, 0.15) is 18.0 Å². The van der Waals surface area contributed by atoms with Gasteiger partial charge >= 0.3 is 0 Å². The monoisotopic (exact) mass is 233 g/mol. The summed E-state index contributed by atoms with van der Waals surface area (Å²) in [6, 6.07) is 0.956. The molecule has 0 aliphatic carbocycles. The molecule has 0 radical (unpaired) electrons. The number of sulfone groups is 1. The lowest BCUT2D eigenvalue weighted by molar-refractivity contribution is 0.502. The van der Waals surface area contributed by atoms with Gasteiger partial charge < -0.3 is 5.73 Å². The lowest BCUT2D eigenvalue weighted by atomic mass is 10.0. The van der Waals surface area contributed by atoms with Crippen molar-refractivity contribution >= 4 is 9.84 Å². The van der Waals surface area contributed by atoms with E-state index in [4.69, 9.17) is 5.73 Å². The molecule has 1 aromatic carbocycles. The highest BCUT2D eigenvalue weighted by molar-refractivity contribution is 7.91. The maximum absolute atomic E-state index is 13.3. The summed E-state index contributed by atoms with van der Waals surface area (Å²) in [6.45, 7) is 0. The van der Waals surface area contributed by atoms with Crippen molar-refractivity contribution in [3.05, 3.63) is 29.3 Å². The summed E-state index contributed by atoms with van der Waals surface area (Å²) in [5, 5.41) is 0. The Hall–Kier alpha value is -1.01. The minimum absolute atomic E-state index is 0.121. The van der Waals surface area contributed by atoms with Gasteiger partial charge in [-0.2, -0.15) is 0 Å². The number of hydrogen-bond acceptors (Lipinski definition) is 3. The van der Waals surface area contributed by atoms with Gasteiger partial charge in [0.05, 0.1) is 5.75 Å². The molecule has 6 heteroatoms. The van der Waals surface area contributed by atoms with Crippen molar-refractivity contribution in [1.29, 1.82) is 0 Å². The molecule has 1 unspecified atom stereocenters. The normalized spacial score (nSPS) is 23.5. The van der Waals surface area contributed by atoms with Crippen molar-refractivity contribution in [2.24, 2.45) is 5.73 Å². The average molecular weight is 233 g/mol. The SMILES string of the molecule is NC1CCS(=O)(=O)c2c(F)ccc(F)c21. The van der Waals surface area contributed by atoms with Crippen molar-refractivity contribution in [2.75, 3.05) is 5.75 Å². The molecule has 1 aliphatic heterocycles. The third-order valence-corrected chi connectivity index (χ3v) is 4.28. The Morgan fingerprint density at radius 3 is 2.47 bits per heavy atom. The molecule has 1 heterocycles.